The van der Waals surface area contributed by atoms with Gasteiger partial charge < -0.3 is 0 Å². The number of rotatable bonds is 7. The van der Waals surface area contributed by atoms with E-state index in [1.54, 1.807) is 53.7 Å². The minimum absolute atomic E-state index is 0.183. The van der Waals surface area contributed by atoms with Gasteiger partial charge in [-0.2, -0.15) is 0 Å². The van der Waals surface area contributed by atoms with Gasteiger partial charge in [-0.3, -0.25) is 14.5 Å². The molecule has 0 radical (unpaired) electrons. The molecule has 5 rings (SSSR count). The number of aromatic nitrogens is 2. The van der Waals surface area contributed by atoms with E-state index in [-0.39, 0.29) is 11.8 Å². The van der Waals surface area contributed by atoms with Crippen molar-refractivity contribution < 1.29 is 9.59 Å². The van der Waals surface area contributed by atoms with Crippen molar-refractivity contribution in [3.8, 4) is 10.4 Å². The van der Waals surface area contributed by atoms with Crippen LogP contribution in [0.2, 0.25) is 0 Å². The van der Waals surface area contributed by atoms with Crippen LogP contribution in [0.25, 0.3) is 20.7 Å². The number of imide groups is 1. The van der Waals surface area contributed by atoms with E-state index in [2.05, 4.69) is 28.2 Å². The molecule has 3 heterocycles. The van der Waals surface area contributed by atoms with Crippen LogP contribution in [0.1, 0.15) is 33.6 Å². The lowest BCUT2D eigenvalue weighted by atomic mass is 10.1. The first-order valence-electron chi connectivity index (χ1n) is 10.1. The van der Waals surface area contributed by atoms with Gasteiger partial charge in [0.25, 0.3) is 11.8 Å². The van der Waals surface area contributed by atoms with E-state index >= 15 is 0 Å². The number of amides is 2. The minimum atomic E-state index is -0.183. The van der Waals surface area contributed by atoms with Crippen LogP contribution in [0.15, 0.2) is 72.0 Å². The Morgan fingerprint density at radius 1 is 0.871 bits per heavy atom. The largest absolute Gasteiger partial charge is 0.274 e. The van der Waals surface area contributed by atoms with Crippen LogP contribution >= 0.6 is 23.1 Å². The summed E-state index contributed by atoms with van der Waals surface area (Å²) in [6, 6.07) is 19.5. The van der Waals surface area contributed by atoms with E-state index in [1.165, 1.54) is 15.3 Å². The standard InChI is InChI=1S/C24H19N3O2S2/c28-23-17-10-4-5-11-18(17)24(29)27(23)12-6-7-13-30-21-19-14-20(16-8-2-1-3-9-16)31-22(19)26-15-25-21/h1-5,8-11,14-15H,6-7,12-13H2. The molecule has 0 bridgehead atoms. The van der Waals surface area contributed by atoms with Gasteiger partial charge in [-0.1, -0.05) is 42.5 Å². The lowest BCUT2D eigenvalue weighted by Gasteiger charge is -2.13. The first-order chi connectivity index (χ1) is 15.2. The number of benzene rings is 2. The molecular weight excluding hydrogens is 426 g/mol. The average molecular weight is 446 g/mol. The number of nitrogens with zero attached hydrogens (tertiary/aromatic N) is 3. The van der Waals surface area contributed by atoms with Gasteiger partial charge in [0, 0.05) is 16.8 Å². The molecule has 31 heavy (non-hydrogen) atoms. The topological polar surface area (TPSA) is 63.2 Å². The van der Waals surface area contributed by atoms with Crippen molar-refractivity contribution in [1.29, 1.82) is 0 Å². The second-order valence-electron chi connectivity index (χ2n) is 7.24. The number of hydrogen-bond donors (Lipinski definition) is 0. The Kier molecular flexibility index (Phi) is 5.53. The number of carbonyl (C=O) groups is 2. The van der Waals surface area contributed by atoms with Crippen molar-refractivity contribution >= 4 is 45.1 Å². The summed E-state index contributed by atoms with van der Waals surface area (Å²) in [6.45, 7) is 0.447. The number of hydrogen-bond acceptors (Lipinski definition) is 6. The van der Waals surface area contributed by atoms with Gasteiger partial charge in [-0.25, -0.2) is 9.97 Å². The number of unbranched alkanes of at least 4 members (excludes halogenated alkanes) is 1. The van der Waals surface area contributed by atoms with Gasteiger partial charge in [0.05, 0.1) is 11.1 Å². The first kappa shape index (κ1) is 19.9. The molecule has 0 saturated heterocycles. The molecule has 1 aliphatic heterocycles. The van der Waals surface area contributed by atoms with E-state index < -0.39 is 0 Å². The fraction of sp³-hybridized carbons (Fsp3) is 0.167. The van der Waals surface area contributed by atoms with Crippen LogP contribution in [0.5, 0.6) is 0 Å². The van der Waals surface area contributed by atoms with Crippen molar-refractivity contribution in [2.75, 3.05) is 12.3 Å². The van der Waals surface area contributed by atoms with Crippen LogP contribution < -0.4 is 0 Å². The molecule has 154 valence electrons. The molecule has 0 unspecified atom stereocenters. The summed E-state index contributed by atoms with van der Waals surface area (Å²) in [5.41, 5.74) is 2.20. The highest BCUT2D eigenvalue weighted by molar-refractivity contribution is 7.99. The van der Waals surface area contributed by atoms with Gasteiger partial charge in [-0.15, -0.1) is 23.1 Å². The van der Waals surface area contributed by atoms with Gasteiger partial charge in [0.15, 0.2) is 0 Å². The highest BCUT2D eigenvalue weighted by Crippen LogP contribution is 2.36. The fourth-order valence-corrected chi connectivity index (χ4v) is 5.72. The quantitative estimate of drug-likeness (QED) is 0.162. The maximum atomic E-state index is 12.4. The summed E-state index contributed by atoms with van der Waals surface area (Å²) in [5, 5.41) is 2.06. The van der Waals surface area contributed by atoms with Crippen LogP contribution in [0.4, 0.5) is 0 Å². The van der Waals surface area contributed by atoms with Crippen molar-refractivity contribution in [3.05, 3.63) is 78.1 Å². The van der Waals surface area contributed by atoms with Gasteiger partial charge in [0.1, 0.15) is 16.2 Å². The molecule has 4 aromatic rings. The number of thioether (sulfide) groups is 1. The average Bonchev–Trinajstić information content (AvgIpc) is 3.35. The molecule has 5 nitrogen and oxygen atoms in total. The monoisotopic (exact) mass is 445 g/mol. The van der Waals surface area contributed by atoms with E-state index in [0.29, 0.717) is 17.7 Å². The Balaban J connectivity index is 1.19. The predicted octanol–water partition coefficient (Wildman–Crippen LogP) is 5.53. The summed E-state index contributed by atoms with van der Waals surface area (Å²) in [6.07, 6.45) is 3.28. The Morgan fingerprint density at radius 2 is 1.58 bits per heavy atom. The highest BCUT2D eigenvalue weighted by atomic mass is 32.2. The van der Waals surface area contributed by atoms with Crippen molar-refractivity contribution in [2.24, 2.45) is 0 Å². The summed E-state index contributed by atoms with van der Waals surface area (Å²) in [5.74, 6) is 0.501. The zero-order chi connectivity index (χ0) is 21.2. The van der Waals surface area contributed by atoms with Crippen LogP contribution in [-0.4, -0.2) is 39.0 Å². The highest BCUT2D eigenvalue weighted by Gasteiger charge is 2.34. The lowest BCUT2D eigenvalue weighted by molar-refractivity contribution is 0.0652. The Labute approximate surface area is 188 Å². The molecule has 2 amide bonds. The molecule has 0 spiro atoms. The predicted molar refractivity (Wildman–Crippen MR) is 125 cm³/mol. The summed E-state index contributed by atoms with van der Waals surface area (Å²) in [7, 11) is 0. The SMILES string of the molecule is O=C1c2ccccc2C(=O)N1CCCCSc1ncnc2sc(-c3ccccc3)cc12. The summed E-state index contributed by atoms with van der Waals surface area (Å²) < 4.78 is 0. The normalized spacial score (nSPS) is 13.2. The molecule has 0 saturated carbocycles. The molecular formula is C24H19N3O2S2. The van der Waals surface area contributed by atoms with E-state index in [0.717, 1.165) is 33.8 Å². The molecule has 7 heteroatoms. The van der Waals surface area contributed by atoms with Crippen LogP contribution in [0.3, 0.4) is 0 Å². The molecule has 2 aromatic carbocycles. The fourth-order valence-electron chi connectivity index (χ4n) is 3.68. The molecule has 0 atom stereocenters. The van der Waals surface area contributed by atoms with Gasteiger partial charge in [-0.05, 0) is 42.4 Å². The second kappa shape index (κ2) is 8.61. The maximum Gasteiger partial charge on any atom is 0.261 e. The Morgan fingerprint density at radius 3 is 2.32 bits per heavy atom. The molecule has 0 aliphatic carbocycles. The van der Waals surface area contributed by atoms with Crippen LogP contribution in [-0.2, 0) is 0 Å². The molecule has 1 aliphatic rings. The smallest absolute Gasteiger partial charge is 0.261 e. The maximum absolute atomic E-state index is 12.4. The molecule has 0 fully saturated rings. The zero-order valence-corrected chi connectivity index (χ0v) is 18.3. The first-order valence-corrected chi connectivity index (χ1v) is 11.9. The second-order valence-corrected chi connectivity index (χ2v) is 9.35. The Hall–Kier alpha value is -3.03. The van der Waals surface area contributed by atoms with Gasteiger partial charge in [0.2, 0.25) is 0 Å². The molecule has 0 N–H and O–H groups in total. The number of carbonyl (C=O) groups excluding carboxylic acids is 2. The van der Waals surface area contributed by atoms with E-state index in [1.807, 2.05) is 18.2 Å². The minimum Gasteiger partial charge on any atom is -0.274 e. The lowest BCUT2D eigenvalue weighted by Crippen LogP contribution is -2.30. The number of fused-ring (bicyclic) bond motifs is 2. The summed E-state index contributed by atoms with van der Waals surface area (Å²) in [4.78, 5) is 37.3. The molecule has 2 aromatic heterocycles. The van der Waals surface area contributed by atoms with Crippen LogP contribution in [0, 0.1) is 0 Å². The van der Waals surface area contributed by atoms with Gasteiger partial charge >= 0.3 is 0 Å². The number of thiophene rings is 1. The van der Waals surface area contributed by atoms with E-state index in [4.69, 9.17) is 0 Å². The zero-order valence-electron chi connectivity index (χ0n) is 16.7. The summed E-state index contributed by atoms with van der Waals surface area (Å²) >= 11 is 3.37. The Bertz CT molecular complexity index is 1240. The third-order valence-corrected chi connectivity index (χ3v) is 7.43. The van der Waals surface area contributed by atoms with Crippen molar-refractivity contribution in [2.45, 2.75) is 17.9 Å². The van der Waals surface area contributed by atoms with E-state index in [9.17, 15) is 9.59 Å². The third kappa shape index (κ3) is 3.86. The third-order valence-electron chi connectivity index (χ3n) is 5.24. The van der Waals surface area contributed by atoms with Crippen molar-refractivity contribution in [1.82, 2.24) is 14.9 Å². The van der Waals surface area contributed by atoms with Crippen molar-refractivity contribution in [3.63, 3.8) is 0 Å².